The second kappa shape index (κ2) is 15.4. The number of carbonyl (C=O) groups is 3. The molecule has 0 heterocycles. The molecule has 8 nitrogen and oxygen atoms in total. The van der Waals surface area contributed by atoms with Gasteiger partial charge in [-0.15, -0.1) is 0 Å². The van der Waals surface area contributed by atoms with Gasteiger partial charge in [-0.1, -0.05) is 66.7 Å². The van der Waals surface area contributed by atoms with Crippen molar-refractivity contribution in [3.8, 4) is 0 Å². The van der Waals surface area contributed by atoms with Gasteiger partial charge in [0.25, 0.3) is 0 Å². The average molecular weight is 468 g/mol. The van der Waals surface area contributed by atoms with Gasteiger partial charge >= 0.3 is 5.97 Å². The number of ether oxygens (including phenoxy) is 2. The Labute approximate surface area is 200 Å². The molecule has 0 aliphatic rings. The van der Waals surface area contributed by atoms with E-state index in [0.29, 0.717) is 26.0 Å². The molecule has 2 aromatic rings. The van der Waals surface area contributed by atoms with Crippen molar-refractivity contribution in [2.45, 2.75) is 38.5 Å². The Kier molecular flexibility index (Phi) is 12.1. The molecule has 0 aromatic heterocycles. The van der Waals surface area contributed by atoms with E-state index in [1.807, 2.05) is 60.7 Å². The number of nitrogens with one attached hydrogen (secondary N) is 2. The Morgan fingerprint density at radius 2 is 1.65 bits per heavy atom. The fraction of sp³-hybridized carbons (Fsp3) is 0.346. The summed E-state index contributed by atoms with van der Waals surface area (Å²) in [5.74, 6) is -1.22. The van der Waals surface area contributed by atoms with E-state index >= 15 is 0 Å². The van der Waals surface area contributed by atoms with Gasteiger partial charge in [0.15, 0.2) is 0 Å². The van der Waals surface area contributed by atoms with E-state index < -0.39 is 24.0 Å². The monoisotopic (exact) mass is 467 g/mol. The number of esters is 1. The summed E-state index contributed by atoms with van der Waals surface area (Å²) < 4.78 is 10.6. The second-order valence-electron chi connectivity index (χ2n) is 7.59. The topological polar surface area (TPSA) is 120 Å². The number of benzene rings is 2. The van der Waals surface area contributed by atoms with E-state index in [2.05, 4.69) is 10.6 Å². The lowest BCUT2D eigenvalue weighted by molar-refractivity contribution is -0.147. The van der Waals surface area contributed by atoms with Gasteiger partial charge in [-0.2, -0.15) is 0 Å². The van der Waals surface area contributed by atoms with E-state index in [4.69, 9.17) is 15.2 Å². The van der Waals surface area contributed by atoms with E-state index in [-0.39, 0.29) is 19.1 Å². The largest absolute Gasteiger partial charge is 0.464 e. The maximum atomic E-state index is 12.3. The van der Waals surface area contributed by atoms with E-state index in [0.717, 1.165) is 11.1 Å². The first kappa shape index (κ1) is 26.8. The molecule has 0 unspecified atom stereocenters. The molecule has 0 aliphatic heterocycles. The highest BCUT2D eigenvalue weighted by Crippen LogP contribution is 2.05. The number of hydrogen-bond donors (Lipinski definition) is 3. The second-order valence-corrected chi connectivity index (χ2v) is 7.59. The van der Waals surface area contributed by atoms with Gasteiger partial charge in [0, 0.05) is 13.0 Å². The van der Waals surface area contributed by atoms with Crippen LogP contribution < -0.4 is 16.4 Å². The Balaban J connectivity index is 1.69. The molecule has 182 valence electrons. The Hall–Kier alpha value is -3.49. The zero-order valence-corrected chi connectivity index (χ0v) is 19.4. The van der Waals surface area contributed by atoms with Crippen molar-refractivity contribution in [2.24, 2.45) is 5.73 Å². The molecule has 0 saturated carbocycles. The highest BCUT2D eigenvalue weighted by Gasteiger charge is 2.21. The Bertz CT molecular complexity index is 919. The summed E-state index contributed by atoms with van der Waals surface area (Å²) in [5, 5.41) is 5.39. The molecular weight excluding hydrogens is 434 g/mol. The van der Waals surface area contributed by atoms with Gasteiger partial charge in [0.2, 0.25) is 11.8 Å². The van der Waals surface area contributed by atoms with Gasteiger partial charge < -0.3 is 25.8 Å². The van der Waals surface area contributed by atoms with Gasteiger partial charge in [0.1, 0.15) is 12.1 Å². The fourth-order valence-corrected chi connectivity index (χ4v) is 3.06. The molecule has 2 atom stereocenters. The van der Waals surface area contributed by atoms with Crippen LogP contribution in [0.3, 0.4) is 0 Å². The minimum Gasteiger partial charge on any atom is -0.464 e. The fourth-order valence-electron chi connectivity index (χ4n) is 3.06. The summed E-state index contributed by atoms with van der Waals surface area (Å²) in [7, 11) is 0. The zero-order valence-electron chi connectivity index (χ0n) is 19.4. The predicted octanol–water partition coefficient (Wildman–Crippen LogP) is 1.88. The van der Waals surface area contributed by atoms with Crippen LogP contribution >= 0.6 is 0 Å². The van der Waals surface area contributed by atoms with Crippen molar-refractivity contribution in [3.05, 3.63) is 83.9 Å². The maximum Gasteiger partial charge on any atom is 0.328 e. The predicted molar refractivity (Wildman–Crippen MR) is 130 cm³/mol. The highest BCUT2D eigenvalue weighted by atomic mass is 16.5. The minimum absolute atomic E-state index is 0.107. The zero-order chi connectivity index (χ0) is 24.6. The quantitative estimate of drug-likeness (QED) is 0.222. The smallest absolute Gasteiger partial charge is 0.328 e. The van der Waals surface area contributed by atoms with Crippen LogP contribution in [0.25, 0.3) is 0 Å². The number of nitrogens with two attached hydrogens (primary N) is 1. The molecular formula is C26H33N3O5. The first-order valence-corrected chi connectivity index (χ1v) is 11.3. The molecule has 0 radical (unpaired) electrons. The first-order chi connectivity index (χ1) is 16.5. The van der Waals surface area contributed by atoms with Crippen LogP contribution in [0.15, 0.2) is 72.8 Å². The normalized spacial score (nSPS) is 12.6. The van der Waals surface area contributed by atoms with Crippen molar-refractivity contribution in [1.29, 1.82) is 0 Å². The third-order valence-corrected chi connectivity index (χ3v) is 4.80. The lowest BCUT2D eigenvalue weighted by atomic mass is 10.1. The van der Waals surface area contributed by atoms with Crippen LogP contribution in [0.5, 0.6) is 0 Å². The van der Waals surface area contributed by atoms with Crippen molar-refractivity contribution in [2.75, 3.05) is 19.8 Å². The number of carbonyl (C=O) groups excluding carboxylic acids is 3. The van der Waals surface area contributed by atoms with Crippen LogP contribution in [0.4, 0.5) is 0 Å². The van der Waals surface area contributed by atoms with Crippen molar-refractivity contribution in [3.63, 3.8) is 0 Å². The molecule has 4 N–H and O–H groups in total. The van der Waals surface area contributed by atoms with E-state index in [9.17, 15) is 14.4 Å². The molecule has 0 fully saturated rings. The van der Waals surface area contributed by atoms with Gasteiger partial charge in [0.05, 0.1) is 19.8 Å². The minimum atomic E-state index is -0.784. The number of amides is 2. The number of hydrogen-bond acceptors (Lipinski definition) is 6. The molecule has 2 rings (SSSR count). The van der Waals surface area contributed by atoms with E-state index in [1.54, 1.807) is 13.0 Å². The third kappa shape index (κ3) is 10.4. The first-order valence-electron chi connectivity index (χ1n) is 11.3. The van der Waals surface area contributed by atoms with Gasteiger partial charge in [-0.05, 0) is 30.5 Å². The maximum absolute atomic E-state index is 12.3. The van der Waals surface area contributed by atoms with Crippen LogP contribution in [-0.4, -0.2) is 49.6 Å². The standard InChI is InChI=1S/C26H33N3O5/c1-2-34-26(32)23(17-20-11-5-3-6-12-20)29-24(30)15-9-10-16-28-25(31)22(27)19-33-18-21-13-7-4-8-14-21/h3-9,11-15,22-23H,2,10,16-19,27H2,1H3,(H,28,31)(H,29,30)/b15-9+/t22-,23-/m0/s1. The molecule has 8 heteroatoms. The van der Waals surface area contributed by atoms with E-state index in [1.165, 1.54) is 6.08 Å². The van der Waals surface area contributed by atoms with Gasteiger partial charge in [-0.25, -0.2) is 4.79 Å². The molecule has 0 bridgehead atoms. The van der Waals surface area contributed by atoms with Gasteiger partial charge in [-0.3, -0.25) is 9.59 Å². The summed E-state index contributed by atoms with van der Waals surface area (Å²) in [6, 6.07) is 17.4. The Morgan fingerprint density at radius 3 is 2.29 bits per heavy atom. The van der Waals surface area contributed by atoms with Crippen LogP contribution in [0.1, 0.15) is 24.5 Å². The molecule has 0 spiro atoms. The molecule has 0 saturated heterocycles. The summed E-state index contributed by atoms with van der Waals surface area (Å²) in [6.45, 7) is 2.76. The van der Waals surface area contributed by atoms with Crippen molar-refractivity contribution >= 4 is 17.8 Å². The Morgan fingerprint density at radius 1 is 1.00 bits per heavy atom. The van der Waals surface area contributed by atoms with Crippen LogP contribution in [0, 0.1) is 0 Å². The highest BCUT2D eigenvalue weighted by molar-refractivity contribution is 5.91. The molecule has 2 aromatic carbocycles. The van der Waals surface area contributed by atoms with Crippen molar-refractivity contribution in [1.82, 2.24) is 10.6 Å². The lowest BCUT2D eigenvalue weighted by Crippen LogP contribution is -2.44. The average Bonchev–Trinajstić information content (AvgIpc) is 2.84. The molecule has 34 heavy (non-hydrogen) atoms. The molecule has 0 aliphatic carbocycles. The summed E-state index contributed by atoms with van der Waals surface area (Å²) in [4.78, 5) is 36.6. The summed E-state index contributed by atoms with van der Waals surface area (Å²) in [6.07, 6.45) is 3.73. The SMILES string of the molecule is CCOC(=O)[C@H](Cc1ccccc1)NC(=O)/C=C/CCNC(=O)[C@@H](N)COCc1ccccc1. The summed E-state index contributed by atoms with van der Waals surface area (Å²) in [5.41, 5.74) is 7.77. The van der Waals surface area contributed by atoms with Crippen LogP contribution in [0.2, 0.25) is 0 Å². The molecule has 2 amide bonds. The van der Waals surface area contributed by atoms with Crippen molar-refractivity contribution < 1.29 is 23.9 Å². The summed E-state index contributed by atoms with van der Waals surface area (Å²) >= 11 is 0. The number of rotatable bonds is 14. The van der Waals surface area contributed by atoms with Crippen LogP contribution in [-0.2, 0) is 36.9 Å². The lowest BCUT2D eigenvalue weighted by Gasteiger charge is -2.16. The third-order valence-electron chi connectivity index (χ3n) is 4.80.